The van der Waals surface area contributed by atoms with Gasteiger partial charge in [-0.3, -0.25) is 14.4 Å². The van der Waals surface area contributed by atoms with Gasteiger partial charge in [-0.25, -0.2) is 14.5 Å². The van der Waals surface area contributed by atoms with Gasteiger partial charge in [0.15, 0.2) is 10.8 Å². The summed E-state index contributed by atoms with van der Waals surface area (Å²) in [6.07, 6.45) is 5.59. The van der Waals surface area contributed by atoms with Crippen LogP contribution in [0.1, 0.15) is 58.5 Å². The number of amides is 1. The molecule has 0 spiro atoms. The van der Waals surface area contributed by atoms with Crippen LogP contribution < -0.4 is 16.2 Å². The molecule has 1 aliphatic rings. The minimum Gasteiger partial charge on any atom is -0.375 e. The Morgan fingerprint density at radius 2 is 1.79 bits per heavy atom. The van der Waals surface area contributed by atoms with Crippen LogP contribution in [0.5, 0.6) is 0 Å². The van der Waals surface area contributed by atoms with E-state index >= 15 is 0 Å². The maximum absolute atomic E-state index is 13.8. The van der Waals surface area contributed by atoms with Crippen molar-refractivity contribution < 1.29 is 9.59 Å². The Morgan fingerprint density at radius 1 is 1.11 bits per heavy atom. The van der Waals surface area contributed by atoms with Crippen LogP contribution in [0.15, 0.2) is 35.1 Å². The van der Waals surface area contributed by atoms with E-state index in [4.69, 9.17) is 11.0 Å². The van der Waals surface area contributed by atoms with Gasteiger partial charge in [-0.2, -0.15) is 5.26 Å². The van der Waals surface area contributed by atoms with Crippen molar-refractivity contribution >= 4 is 55.2 Å². The molecule has 4 aromatic rings. The van der Waals surface area contributed by atoms with Crippen LogP contribution in [-0.4, -0.2) is 58.4 Å². The molecule has 1 fully saturated rings. The van der Waals surface area contributed by atoms with Crippen LogP contribution in [0.4, 0.5) is 10.8 Å². The molecule has 2 aromatic carbocycles. The topological polar surface area (TPSA) is 138 Å². The number of aromatic nitrogens is 3. The quantitative estimate of drug-likeness (QED) is 0.423. The Bertz CT molecular complexity index is 1680. The van der Waals surface area contributed by atoms with Crippen molar-refractivity contribution in [1.82, 2.24) is 19.4 Å². The maximum Gasteiger partial charge on any atom is 0.289 e. The highest BCUT2D eigenvalue weighted by molar-refractivity contribution is 7.23. The number of hydrogen-bond acceptors (Lipinski definition) is 9. The summed E-state index contributed by atoms with van der Waals surface area (Å²) in [6, 6.07) is 10.1. The predicted octanol–water partition coefficient (Wildman–Crippen LogP) is 3.62. The summed E-state index contributed by atoms with van der Waals surface area (Å²) < 4.78 is 1.54. The minimum absolute atomic E-state index is 0.191. The molecular formula is C27H27N7O3S. The number of anilines is 2. The monoisotopic (exact) mass is 529 g/mol. The fourth-order valence-electron chi connectivity index (χ4n) is 5.03. The molecule has 2 heterocycles. The Hall–Kier alpha value is -4.30. The van der Waals surface area contributed by atoms with Gasteiger partial charge in [0, 0.05) is 32.7 Å². The van der Waals surface area contributed by atoms with Crippen LogP contribution in [0.25, 0.3) is 21.3 Å². The molecule has 0 aliphatic heterocycles. The summed E-state index contributed by atoms with van der Waals surface area (Å²) in [4.78, 5) is 53.0. The number of nitrogens with zero attached hydrogens (tertiary/aromatic N) is 6. The molecule has 38 heavy (non-hydrogen) atoms. The Balaban J connectivity index is 1.83. The highest BCUT2D eigenvalue weighted by Gasteiger charge is 2.28. The normalized spacial score (nSPS) is 13.9. The third kappa shape index (κ3) is 4.26. The lowest BCUT2D eigenvalue weighted by atomic mass is 9.94. The highest BCUT2D eigenvalue weighted by Crippen LogP contribution is 2.39. The van der Waals surface area contributed by atoms with E-state index in [0.717, 1.165) is 35.9 Å². The summed E-state index contributed by atoms with van der Waals surface area (Å²) in [5, 5.41) is 9.44. The molecule has 11 heteroatoms. The fourth-order valence-corrected chi connectivity index (χ4v) is 5.91. The lowest BCUT2D eigenvalue weighted by Gasteiger charge is -2.33. The van der Waals surface area contributed by atoms with Crippen molar-refractivity contribution in [2.24, 2.45) is 0 Å². The van der Waals surface area contributed by atoms with Gasteiger partial charge < -0.3 is 15.5 Å². The van der Waals surface area contributed by atoms with Crippen molar-refractivity contribution in [2.75, 3.05) is 31.8 Å². The SMILES string of the molecule is CN(C)C(=O)c1nc2cc(N(C)C3CCCCC3)c3nc(N)sc3c2n(C(=O)c2ccc(C#N)cc2)c1=O. The summed E-state index contributed by atoms with van der Waals surface area (Å²) in [5.74, 6) is -1.24. The first-order valence-corrected chi connectivity index (χ1v) is 13.2. The first-order chi connectivity index (χ1) is 18.2. The van der Waals surface area contributed by atoms with E-state index in [1.807, 2.05) is 13.1 Å². The van der Waals surface area contributed by atoms with Gasteiger partial charge in [0.25, 0.3) is 17.4 Å². The molecule has 2 N–H and O–H groups in total. The summed E-state index contributed by atoms with van der Waals surface area (Å²) in [6.45, 7) is 0. The zero-order valence-electron chi connectivity index (χ0n) is 21.4. The Morgan fingerprint density at radius 3 is 2.42 bits per heavy atom. The summed E-state index contributed by atoms with van der Waals surface area (Å²) >= 11 is 1.17. The van der Waals surface area contributed by atoms with Crippen molar-refractivity contribution in [2.45, 2.75) is 38.1 Å². The van der Waals surface area contributed by atoms with E-state index in [-0.39, 0.29) is 16.8 Å². The molecule has 1 amide bonds. The average molecular weight is 530 g/mol. The molecule has 2 aromatic heterocycles. The van der Waals surface area contributed by atoms with E-state index in [1.165, 1.54) is 61.0 Å². The average Bonchev–Trinajstić information content (AvgIpc) is 3.33. The number of hydrogen-bond donors (Lipinski definition) is 1. The first kappa shape index (κ1) is 25.4. The molecule has 0 atom stereocenters. The van der Waals surface area contributed by atoms with Crippen molar-refractivity contribution in [3.05, 3.63) is 57.5 Å². The molecule has 1 aliphatic carbocycles. The van der Waals surface area contributed by atoms with Gasteiger partial charge in [-0.1, -0.05) is 30.6 Å². The second-order valence-corrected chi connectivity index (χ2v) is 10.7. The van der Waals surface area contributed by atoms with E-state index < -0.39 is 17.4 Å². The number of nitriles is 1. The standard InChI is InChI=1S/C27H27N7O3S/c1-32(2)25(36)21-26(37)34(24(35)16-11-9-15(14-28)10-12-16)22-18(30-21)13-19(20-23(22)38-27(29)31-20)33(3)17-7-5-4-6-8-17/h9-13,17H,4-8H2,1-3H3,(H2,29,31). The molecule has 194 valence electrons. The lowest BCUT2D eigenvalue weighted by Crippen LogP contribution is -2.37. The van der Waals surface area contributed by atoms with Crippen LogP contribution >= 0.6 is 11.3 Å². The Kier molecular flexibility index (Phi) is 6.59. The van der Waals surface area contributed by atoms with Gasteiger partial charge in [0.2, 0.25) is 0 Å². The zero-order chi connectivity index (χ0) is 27.1. The lowest BCUT2D eigenvalue weighted by molar-refractivity contribution is 0.0819. The molecule has 0 unspecified atom stereocenters. The largest absolute Gasteiger partial charge is 0.375 e. The fraction of sp³-hybridized carbons (Fsp3) is 0.333. The smallest absolute Gasteiger partial charge is 0.289 e. The third-order valence-electron chi connectivity index (χ3n) is 7.05. The summed E-state index contributed by atoms with van der Waals surface area (Å²) in [5.41, 5.74) is 7.50. The van der Waals surface area contributed by atoms with Crippen molar-refractivity contribution in [3.63, 3.8) is 0 Å². The number of carbonyl (C=O) groups excluding carboxylic acids is 2. The van der Waals surface area contributed by atoms with Crippen molar-refractivity contribution in [3.8, 4) is 6.07 Å². The minimum atomic E-state index is -0.827. The zero-order valence-corrected chi connectivity index (χ0v) is 22.2. The predicted molar refractivity (Wildman–Crippen MR) is 148 cm³/mol. The first-order valence-electron chi connectivity index (χ1n) is 12.4. The van der Waals surface area contributed by atoms with E-state index in [1.54, 1.807) is 6.07 Å². The second-order valence-electron chi connectivity index (χ2n) is 9.69. The molecule has 0 radical (unpaired) electrons. The third-order valence-corrected chi connectivity index (χ3v) is 7.95. The molecular weight excluding hydrogens is 502 g/mol. The van der Waals surface area contributed by atoms with Gasteiger partial charge in [-0.05, 0) is 43.2 Å². The molecule has 5 rings (SSSR count). The number of nitrogen functional groups attached to an aromatic ring is 1. The number of nitrogens with two attached hydrogens (primary N) is 1. The van der Waals surface area contributed by atoms with E-state index in [9.17, 15) is 14.4 Å². The van der Waals surface area contributed by atoms with E-state index in [2.05, 4.69) is 14.9 Å². The number of carbonyl (C=O) groups is 2. The molecule has 10 nitrogen and oxygen atoms in total. The number of benzene rings is 2. The van der Waals surface area contributed by atoms with Gasteiger partial charge >= 0.3 is 0 Å². The van der Waals surface area contributed by atoms with Crippen LogP contribution in [0.2, 0.25) is 0 Å². The van der Waals surface area contributed by atoms with Crippen LogP contribution in [0.3, 0.4) is 0 Å². The number of fused-ring (bicyclic) bond motifs is 3. The highest BCUT2D eigenvalue weighted by atomic mass is 32.1. The number of rotatable bonds is 4. The second kappa shape index (κ2) is 9.87. The van der Waals surface area contributed by atoms with Crippen molar-refractivity contribution in [1.29, 1.82) is 5.26 Å². The van der Waals surface area contributed by atoms with Gasteiger partial charge in [0.05, 0.1) is 33.1 Å². The molecule has 0 bridgehead atoms. The van der Waals surface area contributed by atoms with Gasteiger partial charge in [0.1, 0.15) is 5.52 Å². The van der Waals surface area contributed by atoms with E-state index in [0.29, 0.717) is 32.5 Å². The summed E-state index contributed by atoms with van der Waals surface area (Å²) in [7, 11) is 5.06. The number of thiazole rings is 1. The van der Waals surface area contributed by atoms with Crippen LogP contribution in [-0.2, 0) is 0 Å². The maximum atomic E-state index is 13.8. The Labute approximate surface area is 222 Å². The van der Waals surface area contributed by atoms with Crippen LogP contribution in [0, 0.1) is 11.3 Å². The molecule has 0 saturated heterocycles. The van der Waals surface area contributed by atoms with Gasteiger partial charge in [-0.15, -0.1) is 0 Å². The molecule has 1 saturated carbocycles.